The molecule has 1 saturated carbocycles. The molecule has 1 aromatic rings. The van der Waals surface area contributed by atoms with Gasteiger partial charge < -0.3 is 0 Å². The standard InChI is InChI=1S/C14H21N3OS/c1-8(2)12-11-13(15-9(3)19-12)17(16-14(11)18)10-6-4-5-7-10/h8,10,12H,4-7H2,1-3H3,(H,16,18)/t12-/m0/s1. The van der Waals surface area contributed by atoms with Gasteiger partial charge >= 0.3 is 0 Å². The molecule has 4 nitrogen and oxygen atoms in total. The van der Waals surface area contributed by atoms with Crippen LogP contribution in [0.15, 0.2) is 9.79 Å². The van der Waals surface area contributed by atoms with E-state index in [-0.39, 0.29) is 10.8 Å². The number of H-pyrrole nitrogens is 1. The van der Waals surface area contributed by atoms with Crippen molar-refractivity contribution in [2.24, 2.45) is 10.9 Å². The first-order chi connectivity index (χ1) is 9.08. The van der Waals surface area contributed by atoms with Crippen molar-refractivity contribution in [1.82, 2.24) is 9.78 Å². The van der Waals surface area contributed by atoms with Crippen LogP contribution in [0.3, 0.4) is 0 Å². The van der Waals surface area contributed by atoms with Crippen molar-refractivity contribution < 1.29 is 0 Å². The zero-order valence-electron chi connectivity index (χ0n) is 11.8. The summed E-state index contributed by atoms with van der Waals surface area (Å²) in [6, 6.07) is 0.434. The molecule has 5 heteroatoms. The fourth-order valence-corrected chi connectivity index (χ4v) is 4.25. The molecule has 0 spiro atoms. The lowest BCUT2D eigenvalue weighted by atomic mass is 10.0. The van der Waals surface area contributed by atoms with E-state index in [1.807, 2.05) is 11.6 Å². The summed E-state index contributed by atoms with van der Waals surface area (Å²) in [6.07, 6.45) is 4.83. The van der Waals surface area contributed by atoms with Crippen LogP contribution in [0.4, 0.5) is 5.82 Å². The molecule has 1 N–H and O–H groups in total. The SMILES string of the molecule is CC1=Nc2c(c(=O)[nH]n2C2CCCC2)[C@H](C(C)C)S1. The summed E-state index contributed by atoms with van der Waals surface area (Å²) in [5.74, 6) is 1.33. The summed E-state index contributed by atoms with van der Waals surface area (Å²) in [5, 5.41) is 4.34. The number of hydrogen-bond donors (Lipinski definition) is 1. The van der Waals surface area contributed by atoms with Crippen LogP contribution in [-0.4, -0.2) is 14.8 Å². The van der Waals surface area contributed by atoms with Gasteiger partial charge in [0.15, 0.2) is 5.82 Å². The van der Waals surface area contributed by atoms with Gasteiger partial charge in [-0.15, -0.1) is 11.8 Å². The van der Waals surface area contributed by atoms with Crippen molar-refractivity contribution in [3.05, 3.63) is 15.9 Å². The number of fused-ring (bicyclic) bond motifs is 1. The predicted octanol–water partition coefficient (Wildman–Crippen LogP) is 3.79. The maximum Gasteiger partial charge on any atom is 0.270 e. The van der Waals surface area contributed by atoms with Gasteiger partial charge in [-0.3, -0.25) is 14.6 Å². The third-order valence-electron chi connectivity index (χ3n) is 4.08. The molecule has 19 heavy (non-hydrogen) atoms. The Balaban J connectivity index is 2.12. The molecule has 2 aliphatic rings. The lowest BCUT2D eigenvalue weighted by Gasteiger charge is -2.24. The van der Waals surface area contributed by atoms with Crippen LogP contribution >= 0.6 is 11.8 Å². The van der Waals surface area contributed by atoms with E-state index in [2.05, 4.69) is 23.9 Å². The van der Waals surface area contributed by atoms with Crippen LogP contribution in [0.5, 0.6) is 0 Å². The maximum absolute atomic E-state index is 12.3. The Hall–Kier alpha value is -0.970. The van der Waals surface area contributed by atoms with Gasteiger partial charge in [-0.05, 0) is 25.7 Å². The molecule has 1 atom stereocenters. The minimum atomic E-state index is 0.0596. The second kappa shape index (κ2) is 4.85. The molecular weight excluding hydrogens is 258 g/mol. The highest BCUT2D eigenvalue weighted by atomic mass is 32.2. The van der Waals surface area contributed by atoms with Gasteiger partial charge in [0.2, 0.25) is 0 Å². The highest BCUT2D eigenvalue weighted by molar-refractivity contribution is 8.14. The number of nitrogens with one attached hydrogen (secondary N) is 1. The maximum atomic E-state index is 12.3. The molecule has 0 amide bonds. The van der Waals surface area contributed by atoms with Crippen molar-refractivity contribution in [2.75, 3.05) is 0 Å². The summed E-state index contributed by atoms with van der Waals surface area (Å²) in [4.78, 5) is 17.0. The topological polar surface area (TPSA) is 50.1 Å². The Kier molecular flexibility index (Phi) is 3.33. The van der Waals surface area contributed by atoms with Gasteiger partial charge in [0, 0.05) is 5.25 Å². The Labute approximate surface area is 117 Å². The number of aromatic nitrogens is 2. The van der Waals surface area contributed by atoms with Gasteiger partial charge in [0.05, 0.1) is 16.6 Å². The zero-order chi connectivity index (χ0) is 13.6. The fourth-order valence-electron chi connectivity index (χ4n) is 3.14. The number of aromatic amines is 1. The lowest BCUT2D eigenvalue weighted by molar-refractivity contribution is 0.468. The lowest BCUT2D eigenvalue weighted by Crippen LogP contribution is -2.16. The fraction of sp³-hybridized carbons (Fsp3) is 0.714. The Morgan fingerprint density at radius 3 is 2.68 bits per heavy atom. The normalized spacial score (nSPS) is 23.8. The first kappa shape index (κ1) is 13.0. The van der Waals surface area contributed by atoms with Crippen LogP contribution < -0.4 is 5.56 Å². The molecule has 0 bridgehead atoms. The molecule has 1 aromatic heterocycles. The van der Waals surface area contributed by atoms with E-state index >= 15 is 0 Å². The number of hydrogen-bond acceptors (Lipinski definition) is 3. The Bertz CT molecular complexity index is 564. The van der Waals surface area contributed by atoms with Crippen LogP contribution in [0.25, 0.3) is 0 Å². The van der Waals surface area contributed by atoms with Crippen LogP contribution in [0, 0.1) is 5.92 Å². The van der Waals surface area contributed by atoms with Gasteiger partial charge in [-0.2, -0.15) is 0 Å². The molecule has 1 aliphatic carbocycles. The minimum absolute atomic E-state index is 0.0596. The van der Waals surface area contributed by atoms with Crippen molar-refractivity contribution in [2.45, 2.75) is 57.7 Å². The molecule has 0 radical (unpaired) electrons. The molecule has 3 rings (SSSR count). The number of thioether (sulfide) groups is 1. The quantitative estimate of drug-likeness (QED) is 0.895. The van der Waals surface area contributed by atoms with Crippen molar-refractivity contribution in [3.63, 3.8) is 0 Å². The highest BCUT2D eigenvalue weighted by Gasteiger charge is 2.32. The summed E-state index contributed by atoms with van der Waals surface area (Å²) in [7, 11) is 0. The summed E-state index contributed by atoms with van der Waals surface area (Å²) in [5.41, 5.74) is 0.946. The Morgan fingerprint density at radius 1 is 1.37 bits per heavy atom. The predicted molar refractivity (Wildman–Crippen MR) is 80.5 cm³/mol. The van der Waals surface area contributed by atoms with E-state index in [9.17, 15) is 4.79 Å². The van der Waals surface area contributed by atoms with E-state index in [4.69, 9.17) is 0 Å². The smallest absolute Gasteiger partial charge is 0.268 e. The van der Waals surface area contributed by atoms with E-state index in [0.29, 0.717) is 12.0 Å². The van der Waals surface area contributed by atoms with Gasteiger partial charge in [0.1, 0.15) is 0 Å². The molecule has 104 valence electrons. The second-order valence-electron chi connectivity index (χ2n) is 5.90. The Morgan fingerprint density at radius 2 is 2.05 bits per heavy atom. The third kappa shape index (κ3) is 2.18. The van der Waals surface area contributed by atoms with E-state index in [1.54, 1.807) is 11.8 Å². The molecule has 1 aliphatic heterocycles. The average molecular weight is 279 g/mol. The second-order valence-corrected chi connectivity index (χ2v) is 7.23. The third-order valence-corrected chi connectivity index (χ3v) is 5.54. The van der Waals surface area contributed by atoms with Crippen molar-refractivity contribution in [3.8, 4) is 0 Å². The summed E-state index contributed by atoms with van der Waals surface area (Å²) >= 11 is 1.72. The van der Waals surface area contributed by atoms with E-state index in [0.717, 1.165) is 29.3 Å². The van der Waals surface area contributed by atoms with Gasteiger partial charge in [0.25, 0.3) is 5.56 Å². The van der Waals surface area contributed by atoms with Crippen LogP contribution in [-0.2, 0) is 0 Å². The molecule has 0 aromatic carbocycles. The summed E-state index contributed by atoms with van der Waals surface area (Å²) in [6.45, 7) is 6.39. The number of aliphatic imine (C=N–C) groups is 1. The highest BCUT2D eigenvalue weighted by Crippen LogP contribution is 2.45. The molecule has 0 unspecified atom stereocenters. The van der Waals surface area contributed by atoms with Gasteiger partial charge in [-0.1, -0.05) is 26.7 Å². The van der Waals surface area contributed by atoms with Crippen LogP contribution in [0.1, 0.15) is 63.3 Å². The first-order valence-corrected chi connectivity index (χ1v) is 8.02. The number of nitrogens with zero attached hydrogens (tertiary/aromatic N) is 2. The van der Waals surface area contributed by atoms with Crippen molar-refractivity contribution in [1.29, 1.82) is 0 Å². The van der Waals surface area contributed by atoms with Crippen LogP contribution in [0.2, 0.25) is 0 Å². The largest absolute Gasteiger partial charge is 0.270 e. The molecule has 2 heterocycles. The minimum Gasteiger partial charge on any atom is -0.268 e. The molecule has 0 saturated heterocycles. The zero-order valence-corrected chi connectivity index (χ0v) is 12.6. The summed E-state index contributed by atoms with van der Waals surface area (Å²) < 4.78 is 2.04. The van der Waals surface area contributed by atoms with Gasteiger partial charge in [-0.25, -0.2) is 4.99 Å². The van der Waals surface area contributed by atoms with Crippen molar-refractivity contribution >= 4 is 22.6 Å². The molecular formula is C14H21N3OS. The van der Waals surface area contributed by atoms with E-state index in [1.165, 1.54) is 12.8 Å². The monoisotopic (exact) mass is 279 g/mol. The first-order valence-electron chi connectivity index (χ1n) is 7.14. The average Bonchev–Trinajstić information content (AvgIpc) is 2.96. The van der Waals surface area contributed by atoms with E-state index < -0.39 is 0 Å². The number of rotatable bonds is 2. The molecule has 1 fully saturated rings.